The molecular weight excluding hydrogens is 330 g/mol. The summed E-state index contributed by atoms with van der Waals surface area (Å²) in [6.07, 6.45) is 1.18. The minimum atomic E-state index is -0.0974. The van der Waals surface area contributed by atoms with Crippen molar-refractivity contribution in [3.05, 3.63) is 53.5 Å². The number of rotatable bonds is 5. The van der Waals surface area contributed by atoms with Gasteiger partial charge < -0.3 is 14.6 Å². The monoisotopic (exact) mass is 353 g/mol. The predicted molar refractivity (Wildman–Crippen MR) is 98.2 cm³/mol. The van der Waals surface area contributed by atoms with Crippen molar-refractivity contribution in [1.29, 1.82) is 0 Å². The summed E-state index contributed by atoms with van der Waals surface area (Å²) in [6, 6.07) is 11.0. The van der Waals surface area contributed by atoms with Crippen LogP contribution < -0.4 is 10.2 Å². The molecule has 2 atom stereocenters. The van der Waals surface area contributed by atoms with E-state index in [1.54, 1.807) is 29.0 Å². The molecule has 1 aliphatic carbocycles. The molecule has 0 bridgehead atoms. The van der Waals surface area contributed by atoms with Gasteiger partial charge >= 0.3 is 6.03 Å². The van der Waals surface area contributed by atoms with Crippen molar-refractivity contribution in [1.82, 2.24) is 10.2 Å². The first-order valence-electron chi connectivity index (χ1n) is 9.02. The van der Waals surface area contributed by atoms with Crippen molar-refractivity contribution in [3.63, 3.8) is 0 Å². The van der Waals surface area contributed by atoms with E-state index in [4.69, 9.17) is 4.42 Å². The Morgan fingerprint density at radius 2 is 2.00 bits per heavy atom. The maximum atomic E-state index is 12.6. The fourth-order valence-electron chi connectivity index (χ4n) is 3.43. The minimum Gasteiger partial charge on any atom is -0.464 e. The highest BCUT2D eigenvalue weighted by Gasteiger charge is 2.36. The maximum absolute atomic E-state index is 12.6. The molecule has 1 aromatic heterocycles. The Morgan fingerprint density at radius 1 is 1.27 bits per heavy atom. The zero-order valence-corrected chi connectivity index (χ0v) is 15.1. The standard InChI is InChI=1S/C20H23N3O3/c1-13-11-17(13)18-8-7-16(26-18)12-22(2)19(24)14-3-5-15(6-4-14)23-10-9-21-20(23)25/h3-8,13,17H,9-12H2,1-2H3,(H,21,25)/t13-,17+/m1/s1. The van der Waals surface area contributed by atoms with Crippen LogP contribution in [0, 0.1) is 5.92 Å². The van der Waals surface area contributed by atoms with Gasteiger partial charge in [0.25, 0.3) is 5.91 Å². The fraction of sp³-hybridized carbons (Fsp3) is 0.400. The lowest BCUT2D eigenvalue weighted by Crippen LogP contribution is -2.28. The Labute approximate surface area is 152 Å². The van der Waals surface area contributed by atoms with Crippen molar-refractivity contribution in [3.8, 4) is 0 Å². The number of furan rings is 1. The second-order valence-corrected chi connectivity index (χ2v) is 7.22. The van der Waals surface area contributed by atoms with Crippen molar-refractivity contribution >= 4 is 17.6 Å². The predicted octanol–water partition coefficient (Wildman–Crippen LogP) is 3.20. The number of nitrogens with one attached hydrogen (secondary N) is 1. The van der Waals surface area contributed by atoms with E-state index in [2.05, 4.69) is 12.2 Å². The molecule has 2 aromatic rings. The molecule has 1 aromatic carbocycles. The molecule has 1 N–H and O–H groups in total. The van der Waals surface area contributed by atoms with Gasteiger partial charge in [-0.25, -0.2) is 4.79 Å². The van der Waals surface area contributed by atoms with Crippen LogP contribution in [0.25, 0.3) is 0 Å². The van der Waals surface area contributed by atoms with Gasteiger partial charge in [-0.3, -0.25) is 9.69 Å². The van der Waals surface area contributed by atoms with Gasteiger partial charge in [0.05, 0.1) is 6.54 Å². The van der Waals surface area contributed by atoms with Crippen LogP contribution in [0.2, 0.25) is 0 Å². The molecule has 2 fully saturated rings. The van der Waals surface area contributed by atoms with Gasteiger partial charge in [-0.05, 0) is 48.7 Å². The third-order valence-corrected chi connectivity index (χ3v) is 5.18. The topological polar surface area (TPSA) is 65.8 Å². The first kappa shape index (κ1) is 16.7. The number of anilines is 1. The van der Waals surface area contributed by atoms with Crippen molar-refractivity contribution in [2.75, 3.05) is 25.0 Å². The Kier molecular flexibility index (Phi) is 4.18. The molecule has 136 valence electrons. The normalized spacial score (nSPS) is 21.6. The summed E-state index contributed by atoms with van der Waals surface area (Å²) in [5.74, 6) is 3.01. The summed E-state index contributed by atoms with van der Waals surface area (Å²) in [7, 11) is 1.77. The number of amides is 3. The number of urea groups is 1. The number of carbonyl (C=O) groups excluding carboxylic acids is 2. The van der Waals surface area contributed by atoms with Gasteiger partial charge in [-0.1, -0.05) is 6.92 Å². The molecule has 0 spiro atoms. The number of hydrogen-bond acceptors (Lipinski definition) is 3. The van der Waals surface area contributed by atoms with Crippen LogP contribution in [0.5, 0.6) is 0 Å². The zero-order chi connectivity index (χ0) is 18.3. The lowest BCUT2D eigenvalue weighted by molar-refractivity contribution is 0.0775. The first-order valence-corrected chi connectivity index (χ1v) is 9.02. The van der Waals surface area contributed by atoms with E-state index in [1.165, 1.54) is 6.42 Å². The van der Waals surface area contributed by atoms with E-state index in [1.807, 2.05) is 24.3 Å². The molecule has 6 nitrogen and oxygen atoms in total. The Balaban J connectivity index is 1.40. The highest BCUT2D eigenvalue weighted by molar-refractivity contribution is 5.96. The van der Waals surface area contributed by atoms with Gasteiger partial charge in [-0.2, -0.15) is 0 Å². The van der Waals surface area contributed by atoms with E-state index in [0.29, 0.717) is 37.0 Å². The molecule has 1 saturated heterocycles. The lowest BCUT2D eigenvalue weighted by atomic mass is 10.1. The third-order valence-electron chi connectivity index (χ3n) is 5.18. The average Bonchev–Trinajstić information content (AvgIpc) is 3.01. The molecule has 2 heterocycles. The molecule has 6 heteroatoms. The molecule has 1 saturated carbocycles. The Bertz CT molecular complexity index is 827. The minimum absolute atomic E-state index is 0.0693. The largest absolute Gasteiger partial charge is 0.464 e. The van der Waals surface area contributed by atoms with Gasteiger partial charge in [0.1, 0.15) is 11.5 Å². The molecule has 0 radical (unpaired) electrons. The third kappa shape index (κ3) is 3.19. The summed E-state index contributed by atoms with van der Waals surface area (Å²) in [6.45, 7) is 3.95. The van der Waals surface area contributed by atoms with Crippen LogP contribution in [-0.4, -0.2) is 37.0 Å². The summed E-state index contributed by atoms with van der Waals surface area (Å²) in [4.78, 5) is 27.7. The van der Waals surface area contributed by atoms with Crippen LogP contribution in [0.4, 0.5) is 10.5 Å². The van der Waals surface area contributed by atoms with E-state index < -0.39 is 0 Å². The second-order valence-electron chi connectivity index (χ2n) is 7.22. The SMILES string of the molecule is C[C@@H]1C[C@@H]1c1ccc(CN(C)C(=O)c2ccc(N3CCNC3=O)cc2)o1. The van der Waals surface area contributed by atoms with Crippen molar-refractivity contribution in [2.45, 2.75) is 25.8 Å². The summed E-state index contributed by atoms with van der Waals surface area (Å²) in [5.41, 5.74) is 1.40. The molecule has 0 unspecified atom stereocenters. The molecule has 2 aliphatic rings. The van der Waals surface area contributed by atoms with E-state index >= 15 is 0 Å². The van der Waals surface area contributed by atoms with Crippen LogP contribution in [-0.2, 0) is 6.54 Å². The molecule has 4 rings (SSSR count). The Hall–Kier alpha value is -2.76. The number of benzene rings is 1. The number of hydrogen-bond donors (Lipinski definition) is 1. The van der Waals surface area contributed by atoms with E-state index in [9.17, 15) is 9.59 Å². The second kappa shape index (κ2) is 6.52. The van der Waals surface area contributed by atoms with Crippen LogP contribution in [0.1, 0.15) is 41.1 Å². The first-order chi connectivity index (χ1) is 12.5. The average molecular weight is 353 g/mol. The zero-order valence-electron chi connectivity index (χ0n) is 15.1. The number of nitrogens with zero attached hydrogens (tertiary/aromatic N) is 2. The molecular formula is C20H23N3O3. The maximum Gasteiger partial charge on any atom is 0.321 e. The quantitative estimate of drug-likeness (QED) is 0.898. The van der Waals surface area contributed by atoms with Gasteiger partial charge in [0.15, 0.2) is 0 Å². The summed E-state index contributed by atoms with van der Waals surface area (Å²) < 4.78 is 5.89. The van der Waals surface area contributed by atoms with E-state index in [-0.39, 0.29) is 11.9 Å². The van der Waals surface area contributed by atoms with Gasteiger partial charge in [0, 0.05) is 37.3 Å². The van der Waals surface area contributed by atoms with Crippen LogP contribution in [0.3, 0.4) is 0 Å². The van der Waals surface area contributed by atoms with Crippen LogP contribution >= 0.6 is 0 Å². The molecule has 1 aliphatic heterocycles. The number of carbonyl (C=O) groups is 2. The molecule has 26 heavy (non-hydrogen) atoms. The highest BCUT2D eigenvalue weighted by Crippen LogP contribution is 2.47. The van der Waals surface area contributed by atoms with Gasteiger partial charge in [-0.15, -0.1) is 0 Å². The smallest absolute Gasteiger partial charge is 0.321 e. The van der Waals surface area contributed by atoms with Crippen molar-refractivity contribution < 1.29 is 14.0 Å². The van der Waals surface area contributed by atoms with Gasteiger partial charge in [0.2, 0.25) is 0 Å². The van der Waals surface area contributed by atoms with Crippen molar-refractivity contribution in [2.24, 2.45) is 5.92 Å². The Morgan fingerprint density at radius 3 is 2.62 bits per heavy atom. The summed E-state index contributed by atoms with van der Waals surface area (Å²) in [5, 5.41) is 2.77. The van der Waals surface area contributed by atoms with E-state index in [0.717, 1.165) is 17.2 Å². The highest BCUT2D eigenvalue weighted by atomic mass is 16.3. The lowest BCUT2D eigenvalue weighted by Gasteiger charge is -2.17. The summed E-state index contributed by atoms with van der Waals surface area (Å²) >= 11 is 0. The fourth-order valence-corrected chi connectivity index (χ4v) is 3.43. The van der Waals surface area contributed by atoms with Crippen LogP contribution in [0.15, 0.2) is 40.8 Å². The molecule has 3 amide bonds.